The van der Waals surface area contributed by atoms with Crippen LogP contribution in [-0.4, -0.2) is 84.0 Å². The first kappa shape index (κ1) is 22.4. The third-order valence-electron chi connectivity index (χ3n) is 5.93. The van der Waals surface area contributed by atoms with Crippen molar-refractivity contribution in [2.75, 3.05) is 55.7 Å². The van der Waals surface area contributed by atoms with Crippen LogP contribution in [0.3, 0.4) is 0 Å². The maximum atomic E-state index is 13.0. The number of nitrogens with one attached hydrogen (secondary N) is 1. The minimum absolute atomic E-state index is 0.102. The fraction of sp³-hybridized carbons (Fsp3) is 0.524. The first-order chi connectivity index (χ1) is 15.3. The van der Waals surface area contributed by atoms with Crippen molar-refractivity contribution in [1.82, 2.24) is 24.2 Å². The number of rotatable bonds is 5. The van der Waals surface area contributed by atoms with Crippen LogP contribution < -0.4 is 10.2 Å². The molecule has 0 aromatic carbocycles. The molecule has 0 saturated carbocycles. The summed E-state index contributed by atoms with van der Waals surface area (Å²) in [7, 11) is -3.18. The van der Waals surface area contributed by atoms with Crippen LogP contribution in [0.5, 0.6) is 0 Å². The minimum Gasteiger partial charge on any atom is -0.353 e. The van der Waals surface area contributed by atoms with Gasteiger partial charge in [0.2, 0.25) is 15.9 Å². The van der Waals surface area contributed by atoms with E-state index in [1.165, 1.54) is 10.6 Å². The van der Waals surface area contributed by atoms with Gasteiger partial charge in [-0.3, -0.25) is 4.79 Å². The number of sulfonamides is 1. The largest absolute Gasteiger partial charge is 0.353 e. The number of nitrogens with zero attached hydrogens (tertiary/aromatic N) is 6. The van der Waals surface area contributed by atoms with Crippen molar-refractivity contribution >= 4 is 33.4 Å². The highest BCUT2D eigenvalue weighted by Crippen LogP contribution is 2.24. The Balaban J connectivity index is 1.34. The molecule has 172 valence electrons. The summed E-state index contributed by atoms with van der Waals surface area (Å²) in [5.74, 6) is 2.92. The number of amides is 1. The van der Waals surface area contributed by atoms with Gasteiger partial charge >= 0.3 is 0 Å². The van der Waals surface area contributed by atoms with E-state index in [4.69, 9.17) is 0 Å². The van der Waals surface area contributed by atoms with E-state index in [9.17, 15) is 13.2 Å². The van der Waals surface area contributed by atoms with E-state index >= 15 is 0 Å². The zero-order chi connectivity index (χ0) is 22.7. The molecular weight excluding hydrogens is 430 g/mol. The molecule has 1 N–H and O–H groups in total. The summed E-state index contributed by atoms with van der Waals surface area (Å²) in [6, 6.07) is 7.55. The molecule has 0 unspecified atom stereocenters. The number of anilines is 3. The van der Waals surface area contributed by atoms with E-state index < -0.39 is 10.0 Å². The highest BCUT2D eigenvalue weighted by atomic mass is 32.2. The van der Waals surface area contributed by atoms with Gasteiger partial charge in [0.1, 0.15) is 23.3 Å². The summed E-state index contributed by atoms with van der Waals surface area (Å²) in [5, 5.41) is 3.21. The zero-order valence-electron chi connectivity index (χ0n) is 18.4. The average molecular weight is 460 g/mol. The smallest absolute Gasteiger partial charge is 0.225 e. The highest BCUT2D eigenvalue weighted by molar-refractivity contribution is 7.88. The van der Waals surface area contributed by atoms with Gasteiger partial charge in [0, 0.05) is 57.4 Å². The fourth-order valence-electron chi connectivity index (χ4n) is 4.19. The van der Waals surface area contributed by atoms with Gasteiger partial charge in [-0.2, -0.15) is 0 Å². The standard InChI is InChI=1S/C21H29N7O3S/c1-16-23-19(25-18-5-3-4-8-22-18)15-20(24-16)26-11-13-27(14-12-26)21(29)17-6-9-28(10-7-17)32(2,30)31/h3-5,8,15,17H,6-7,9-14H2,1-2H3,(H,22,23,24,25). The third-order valence-corrected chi connectivity index (χ3v) is 7.24. The van der Waals surface area contributed by atoms with Crippen LogP contribution in [0, 0.1) is 12.8 Å². The number of hydrogen-bond acceptors (Lipinski definition) is 8. The first-order valence-corrected chi connectivity index (χ1v) is 12.7. The van der Waals surface area contributed by atoms with Gasteiger partial charge in [0.05, 0.1) is 6.26 Å². The molecule has 2 saturated heterocycles. The van der Waals surface area contributed by atoms with Crippen LogP contribution >= 0.6 is 0 Å². The molecule has 0 radical (unpaired) electrons. The third kappa shape index (κ3) is 5.33. The molecule has 4 heterocycles. The molecule has 32 heavy (non-hydrogen) atoms. The molecule has 0 bridgehead atoms. The van der Waals surface area contributed by atoms with E-state index in [1.54, 1.807) is 6.20 Å². The van der Waals surface area contributed by atoms with Gasteiger partial charge in [0.25, 0.3) is 0 Å². The van der Waals surface area contributed by atoms with Gasteiger partial charge in [-0.15, -0.1) is 0 Å². The quantitative estimate of drug-likeness (QED) is 0.711. The second kappa shape index (κ2) is 9.37. The summed E-state index contributed by atoms with van der Waals surface area (Å²) < 4.78 is 24.8. The Kier molecular flexibility index (Phi) is 6.56. The second-order valence-corrected chi connectivity index (χ2v) is 10.2. The number of aromatic nitrogens is 3. The molecule has 2 fully saturated rings. The minimum atomic E-state index is -3.18. The Bertz CT molecular complexity index is 1050. The number of carbonyl (C=O) groups is 1. The Morgan fingerprint density at radius 1 is 1.03 bits per heavy atom. The molecule has 2 aliphatic heterocycles. The lowest BCUT2D eigenvalue weighted by atomic mass is 9.96. The van der Waals surface area contributed by atoms with Crippen LogP contribution in [0.15, 0.2) is 30.5 Å². The van der Waals surface area contributed by atoms with Crippen molar-refractivity contribution in [3.63, 3.8) is 0 Å². The molecule has 4 rings (SSSR count). The predicted octanol–water partition coefficient (Wildman–Crippen LogP) is 1.24. The predicted molar refractivity (Wildman–Crippen MR) is 122 cm³/mol. The summed E-state index contributed by atoms with van der Waals surface area (Å²) >= 11 is 0. The SMILES string of the molecule is Cc1nc(Nc2ccccn2)cc(N2CCN(C(=O)C3CCN(S(C)(=O)=O)CC3)CC2)n1. The van der Waals surface area contributed by atoms with Crippen molar-refractivity contribution in [1.29, 1.82) is 0 Å². The van der Waals surface area contributed by atoms with Gasteiger partial charge in [-0.25, -0.2) is 27.7 Å². The summed E-state index contributed by atoms with van der Waals surface area (Å²) in [4.78, 5) is 30.3. The molecule has 2 aromatic rings. The van der Waals surface area contributed by atoms with Crippen molar-refractivity contribution in [2.24, 2.45) is 5.92 Å². The summed E-state index contributed by atoms with van der Waals surface area (Å²) in [5.41, 5.74) is 0. The maximum absolute atomic E-state index is 13.0. The Hall–Kier alpha value is -2.79. The van der Waals surface area contributed by atoms with E-state index in [0.717, 1.165) is 5.82 Å². The lowest BCUT2D eigenvalue weighted by Gasteiger charge is -2.38. The lowest BCUT2D eigenvalue weighted by Crippen LogP contribution is -2.52. The number of piperazine rings is 1. The number of aryl methyl sites for hydroxylation is 1. The fourth-order valence-corrected chi connectivity index (χ4v) is 5.07. The zero-order valence-corrected chi connectivity index (χ0v) is 19.3. The maximum Gasteiger partial charge on any atom is 0.225 e. The Morgan fingerprint density at radius 3 is 2.38 bits per heavy atom. The van der Waals surface area contributed by atoms with Crippen LogP contribution in [-0.2, 0) is 14.8 Å². The molecule has 10 nitrogen and oxygen atoms in total. The number of carbonyl (C=O) groups excluding carboxylic acids is 1. The lowest BCUT2D eigenvalue weighted by molar-refractivity contribution is -0.137. The number of piperidine rings is 1. The molecular formula is C21H29N7O3S. The highest BCUT2D eigenvalue weighted by Gasteiger charge is 2.32. The van der Waals surface area contributed by atoms with Crippen molar-refractivity contribution < 1.29 is 13.2 Å². The number of hydrogen-bond donors (Lipinski definition) is 1. The summed E-state index contributed by atoms with van der Waals surface area (Å²) in [6.07, 6.45) is 4.11. The van der Waals surface area contributed by atoms with Crippen LogP contribution in [0.1, 0.15) is 18.7 Å². The Morgan fingerprint density at radius 2 is 1.75 bits per heavy atom. The van der Waals surface area contributed by atoms with E-state index in [1.807, 2.05) is 36.1 Å². The topological polar surface area (TPSA) is 112 Å². The van der Waals surface area contributed by atoms with Crippen molar-refractivity contribution in [3.8, 4) is 0 Å². The number of pyridine rings is 1. The molecule has 0 atom stereocenters. The molecule has 0 aliphatic carbocycles. The van der Waals surface area contributed by atoms with Crippen LogP contribution in [0.4, 0.5) is 17.5 Å². The second-order valence-electron chi connectivity index (χ2n) is 8.25. The van der Waals surface area contributed by atoms with Gasteiger partial charge in [-0.05, 0) is 31.9 Å². The van der Waals surface area contributed by atoms with E-state index in [-0.39, 0.29) is 11.8 Å². The molecule has 0 spiro atoms. The normalized spacial score (nSPS) is 18.6. The monoisotopic (exact) mass is 459 g/mol. The molecule has 11 heteroatoms. The average Bonchev–Trinajstić information content (AvgIpc) is 2.78. The molecule has 2 aromatic heterocycles. The van der Waals surface area contributed by atoms with Crippen molar-refractivity contribution in [2.45, 2.75) is 19.8 Å². The van der Waals surface area contributed by atoms with E-state index in [0.29, 0.717) is 69.6 Å². The molecule has 1 amide bonds. The van der Waals surface area contributed by atoms with Gasteiger partial charge < -0.3 is 15.1 Å². The van der Waals surface area contributed by atoms with E-state index in [2.05, 4.69) is 25.2 Å². The van der Waals surface area contributed by atoms with Crippen LogP contribution in [0.2, 0.25) is 0 Å². The van der Waals surface area contributed by atoms with Crippen LogP contribution in [0.25, 0.3) is 0 Å². The van der Waals surface area contributed by atoms with Crippen molar-refractivity contribution in [3.05, 3.63) is 36.3 Å². The van der Waals surface area contributed by atoms with Gasteiger partial charge in [0.15, 0.2) is 0 Å². The molecule has 2 aliphatic rings. The first-order valence-electron chi connectivity index (χ1n) is 10.8. The summed E-state index contributed by atoms with van der Waals surface area (Å²) in [6.45, 7) is 5.31. The Labute approximate surface area is 188 Å². The van der Waals surface area contributed by atoms with Gasteiger partial charge in [-0.1, -0.05) is 6.07 Å².